The number of nitrogens with zero attached hydrogens (tertiary/aromatic N) is 1. The second kappa shape index (κ2) is 12.4. The predicted octanol–water partition coefficient (Wildman–Crippen LogP) is 8.27. The molecule has 0 aromatic rings. The Balaban J connectivity index is 1.41. The number of carbonyl (C=O) groups excluding carboxylic acids is 3. The van der Waals surface area contributed by atoms with E-state index < -0.39 is 40.0 Å². The normalized spacial score (nSPS) is 38.8. The van der Waals surface area contributed by atoms with Crippen LogP contribution in [0.15, 0.2) is 11.1 Å². The third-order valence-electron chi connectivity index (χ3n) is 15.2. The molecule has 0 spiro atoms. The Morgan fingerprint density at radius 2 is 1.56 bits per heavy atom. The molecule has 0 amide bonds. The summed E-state index contributed by atoms with van der Waals surface area (Å²) in [6.07, 6.45) is 5.78. The summed E-state index contributed by atoms with van der Waals surface area (Å²) in [5.41, 5.74) is -1.00. The smallest absolute Gasteiger partial charge is 0.312 e. The molecule has 0 radical (unpaired) electrons. The summed E-state index contributed by atoms with van der Waals surface area (Å²) in [4.78, 5) is 51.2. The lowest BCUT2D eigenvalue weighted by atomic mass is 9.33. The van der Waals surface area contributed by atoms with Gasteiger partial charge in [0.25, 0.3) is 0 Å². The fourth-order valence-electron chi connectivity index (χ4n) is 12.6. The number of fused-ring (bicyclic) bond motifs is 7. The molecule has 1 N–H and O–H groups in total. The first-order valence-electron chi connectivity index (χ1n) is 19.3. The van der Waals surface area contributed by atoms with Crippen LogP contribution in [-0.4, -0.2) is 52.1 Å². The van der Waals surface area contributed by atoms with Gasteiger partial charge in [-0.15, -0.1) is 0 Å². The maximum atomic E-state index is 13.7. The zero-order valence-corrected chi connectivity index (χ0v) is 33.0. The topological polar surface area (TPSA) is 133 Å². The van der Waals surface area contributed by atoms with Crippen LogP contribution in [0.5, 0.6) is 0 Å². The van der Waals surface area contributed by atoms with E-state index in [9.17, 15) is 29.6 Å². The number of ketones is 1. The lowest BCUT2D eigenvalue weighted by molar-refractivity contribution is -0.494. The molecule has 9 heteroatoms. The third-order valence-corrected chi connectivity index (χ3v) is 15.2. The van der Waals surface area contributed by atoms with Crippen LogP contribution in [0.25, 0.3) is 0 Å². The maximum Gasteiger partial charge on any atom is 0.312 e. The molecule has 0 bridgehead atoms. The van der Waals surface area contributed by atoms with Gasteiger partial charge in [0.2, 0.25) is 6.54 Å². The minimum Gasteiger partial charge on any atom is -0.462 e. The van der Waals surface area contributed by atoms with Crippen LogP contribution in [0.4, 0.5) is 0 Å². The first-order chi connectivity index (χ1) is 22.8. The summed E-state index contributed by atoms with van der Waals surface area (Å²) in [5, 5.41) is 23.1. The van der Waals surface area contributed by atoms with E-state index in [1.807, 2.05) is 34.6 Å². The molecule has 0 heterocycles. The quantitative estimate of drug-likeness (QED) is 0.152. The summed E-state index contributed by atoms with van der Waals surface area (Å²) in [6, 6.07) is 0. The van der Waals surface area contributed by atoms with Gasteiger partial charge in [-0.2, -0.15) is 0 Å². The second-order valence-corrected chi connectivity index (χ2v) is 20.3. The van der Waals surface area contributed by atoms with E-state index in [1.165, 1.54) is 0 Å². The Kier molecular flexibility index (Phi) is 9.66. The average molecular weight is 700 g/mol. The molecule has 5 rings (SSSR count). The van der Waals surface area contributed by atoms with Crippen LogP contribution in [0.1, 0.15) is 147 Å². The number of carbonyl (C=O) groups is 3. The van der Waals surface area contributed by atoms with Crippen molar-refractivity contribution >= 4 is 17.7 Å². The zero-order chi connectivity index (χ0) is 37.6. The van der Waals surface area contributed by atoms with Crippen molar-refractivity contribution in [1.82, 2.24) is 0 Å². The van der Waals surface area contributed by atoms with Gasteiger partial charge < -0.3 is 14.6 Å². The van der Waals surface area contributed by atoms with Crippen LogP contribution in [-0.2, 0) is 23.9 Å². The average Bonchev–Trinajstić information content (AvgIpc) is 3.27. The molecule has 50 heavy (non-hydrogen) atoms. The molecule has 5 aliphatic rings. The van der Waals surface area contributed by atoms with Crippen LogP contribution in [0.3, 0.4) is 0 Å². The predicted molar refractivity (Wildman–Crippen MR) is 191 cm³/mol. The van der Waals surface area contributed by atoms with Crippen molar-refractivity contribution in [3.8, 4) is 0 Å². The Hall–Kier alpha value is -2.29. The number of Topliss-reactive ketones (excluding diaryl/α,β-unsaturated/α-hetero) is 1. The van der Waals surface area contributed by atoms with Crippen molar-refractivity contribution in [3.05, 3.63) is 21.3 Å². The van der Waals surface area contributed by atoms with Crippen LogP contribution in [0, 0.1) is 66.3 Å². The van der Waals surface area contributed by atoms with Crippen molar-refractivity contribution in [1.29, 1.82) is 0 Å². The fourth-order valence-corrected chi connectivity index (χ4v) is 12.6. The summed E-state index contributed by atoms with van der Waals surface area (Å²) >= 11 is 0. The van der Waals surface area contributed by atoms with E-state index in [0.29, 0.717) is 18.3 Å². The molecule has 0 saturated heterocycles. The number of rotatable bonds is 8. The van der Waals surface area contributed by atoms with E-state index in [0.717, 1.165) is 56.1 Å². The van der Waals surface area contributed by atoms with Crippen LogP contribution >= 0.6 is 0 Å². The maximum absolute atomic E-state index is 13.7. The summed E-state index contributed by atoms with van der Waals surface area (Å²) in [7, 11) is 0. The number of hydrogen-bond acceptors (Lipinski definition) is 8. The highest BCUT2D eigenvalue weighted by molar-refractivity contribution is 6.00. The standard InChI is InChI=1S/C41H65NO8/c1-24(2)32-26(43)21-41(29(44)23-42(47)48)20-19-39(11)25(33(32)41)13-14-28-38(10)17-16-30(37(8,9)27(38)15-18-40(28,39)12)49-31(45)22-36(6,7)34(46)50-35(3,4)5/h24-25,27-30,44H,13-23H2,1-12H3/t25-,27-,28-,29?,30+,38+,39-,40-,41?/m1/s1. The second-order valence-electron chi connectivity index (χ2n) is 20.3. The van der Waals surface area contributed by atoms with Gasteiger partial charge in [-0.25, -0.2) is 0 Å². The van der Waals surface area contributed by atoms with E-state index in [4.69, 9.17) is 9.47 Å². The van der Waals surface area contributed by atoms with Gasteiger partial charge in [-0.05, 0) is 131 Å². The number of nitro groups is 1. The van der Waals surface area contributed by atoms with Gasteiger partial charge in [0.15, 0.2) is 5.78 Å². The first kappa shape index (κ1) is 38.9. The molecule has 9 nitrogen and oxygen atoms in total. The van der Waals surface area contributed by atoms with E-state index >= 15 is 0 Å². The molecular formula is C41H65NO8. The Labute approximate surface area is 300 Å². The molecule has 2 unspecified atom stereocenters. The zero-order valence-electron chi connectivity index (χ0n) is 33.0. The SMILES string of the molecule is CC(C)C1=C2[C@H]3CC[C@@H]4[C@@]5(C)CC[C@H](OC(=O)CC(C)(C)C(=O)OC(C)(C)C)C(C)(C)[C@H]5CC[C@@]4(C)[C@]3(C)CCC2(C(O)C[N+](=O)[O-])CC1=O. The number of aliphatic hydroxyl groups excluding tert-OH is 1. The molecule has 0 aliphatic heterocycles. The number of esters is 2. The lowest BCUT2D eigenvalue weighted by Crippen LogP contribution is -2.66. The van der Waals surface area contributed by atoms with Crippen molar-refractivity contribution < 1.29 is 33.9 Å². The summed E-state index contributed by atoms with van der Waals surface area (Å²) in [5.74, 6) is 0.155. The number of hydrogen-bond donors (Lipinski definition) is 1. The summed E-state index contributed by atoms with van der Waals surface area (Å²) < 4.78 is 11.9. The Bertz CT molecular complexity index is 1450. The minimum absolute atomic E-state index is 0.00295. The van der Waals surface area contributed by atoms with Crippen molar-refractivity contribution in [3.63, 3.8) is 0 Å². The highest BCUT2D eigenvalue weighted by Gasteiger charge is 2.71. The number of allylic oxidation sites excluding steroid dienone is 1. The lowest BCUT2D eigenvalue weighted by Gasteiger charge is -2.72. The van der Waals surface area contributed by atoms with Gasteiger partial charge in [-0.3, -0.25) is 24.5 Å². The highest BCUT2D eigenvalue weighted by Crippen LogP contribution is 2.77. The van der Waals surface area contributed by atoms with Gasteiger partial charge in [0.1, 0.15) is 17.8 Å². The molecule has 282 valence electrons. The van der Waals surface area contributed by atoms with E-state index in [2.05, 4.69) is 34.6 Å². The number of aliphatic hydroxyl groups is 1. The molecule has 4 saturated carbocycles. The van der Waals surface area contributed by atoms with Crippen LogP contribution < -0.4 is 0 Å². The molecule has 9 atom stereocenters. The Morgan fingerprint density at radius 3 is 2.14 bits per heavy atom. The van der Waals surface area contributed by atoms with Gasteiger partial charge in [0, 0.05) is 22.2 Å². The van der Waals surface area contributed by atoms with Crippen LogP contribution in [0.2, 0.25) is 0 Å². The molecule has 0 aromatic carbocycles. The monoisotopic (exact) mass is 699 g/mol. The van der Waals surface area contributed by atoms with Gasteiger partial charge in [0.05, 0.1) is 11.8 Å². The van der Waals surface area contributed by atoms with Gasteiger partial charge in [-0.1, -0.05) is 54.0 Å². The molecule has 4 fully saturated rings. The van der Waals surface area contributed by atoms with Crippen molar-refractivity contribution in [2.24, 2.45) is 56.2 Å². The van der Waals surface area contributed by atoms with Crippen molar-refractivity contribution in [2.45, 2.75) is 165 Å². The number of ether oxygens (including phenoxy) is 2. The summed E-state index contributed by atoms with van der Waals surface area (Å²) in [6.45, 7) is 24.4. The first-order valence-corrected chi connectivity index (χ1v) is 19.3. The van der Waals surface area contributed by atoms with E-state index in [1.54, 1.807) is 13.8 Å². The third kappa shape index (κ3) is 5.97. The van der Waals surface area contributed by atoms with Gasteiger partial charge >= 0.3 is 11.9 Å². The Morgan fingerprint density at radius 1 is 0.920 bits per heavy atom. The fraction of sp³-hybridized carbons (Fsp3) is 0.878. The highest BCUT2D eigenvalue weighted by atomic mass is 16.6. The van der Waals surface area contributed by atoms with Crippen molar-refractivity contribution in [2.75, 3.05) is 6.54 Å². The molecule has 5 aliphatic carbocycles. The molecule has 0 aromatic heterocycles. The largest absolute Gasteiger partial charge is 0.462 e. The minimum atomic E-state index is -1.18. The molecular weight excluding hydrogens is 634 g/mol. The van der Waals surface area contributed by atoms with E-state index in [-0.39, 0.29) is 64.2 Å².